The van der Waals surface area contributed by atoms with Crippen LogP contribution in [0.4, 0.5) is 5.95 Å². The zero-order chi connectivity index (χ0) is 21.1. The molecule has 2 aromatic heterocycles. The largest absolute Gasteiger partial charge is 0.497 e. The fourth-order valence-electron chi connectivity index (χ4n) is 3.64. The minimum absolute atomic E-state index is 0.134. The van der Waals surface area contributed by atoms with Crippen LogP contribution in [0, 0.1) is 0 Å². The van der Waals surface area contributed by atoms with Crippen molar-refractivity contribution in [3.05, 3.63) is 54.1 Å². The molecule has 30 heavy (non-hydrogen) atoms. The molecule has 0 unspecified atom stereocenters. The van der Waals surface area contributed by atoms with E-state index in [0.717, 1.165) is 42.2 Å². The summed E-state index contributed by atoms with van der Waals surface area (Å²) < 4.78 is 13.4. The van der Waals surface area contributed by atoms with E-state index in [9.17, 15) is 0 Å². The van der Waals surface area contributed by atoms with Crippen molar-refractivity contribution < 1.29 is 9.47 Å². The molecule has 1 atom stereocenters. The fourth-order valence-corrected chi connectivity index (χ4v) is 3.64. The monoisotopic (exact) mass is 408 g/mol. The van der Waals surface area contributed by atoms with Crippen LogP contribution in [0.25, 0.3) is 11.1 Å². The first-order valence-corrected chi connectivity index (χ1v) is 10.0. The number of morpholine rings is 1. The summed E-state index contributed by atoms with van der Waals surface area (Å²) in [6, 6.07) is 10.0. The molecular weight excluding hydrogens is 380 g/mol. The number of hydrogen-bond acceptors (Lipinski definition) is 7. The molecule has 8 nitrogen and oxygen atoms in total. The Bertz CT molecular complexity index is 986. The van der Waals surface area contributed by atoms with Crippen molar-refractivity contribution >= 4 is 5.95 Å². The summed E-state index contributed by atoms with van der Waals surface area (Å²) in [5.74, 6) is 1.50. The first-order chi connectivity index (χ1) is 14.5. The smallest absolute Gasteiger partial charge is 0.225 e. The molecule has 0 saturated carbocycles. The minimum atomic E-state index is -0.134. The lowest BCUT2D eigenvalue weighted by Gasteiger charge is -2.33. The molecule has 3 aromatic rings. The predicted molar refractivity (Wildman–Crippen MR) is 116 cm³/mol. The lowest BCUT2D eigenvalue weighted by Crippen LogP contribution is -2.38. The van der Waals surface area contributed by atoms with Gasteiger partial charge in [-0.15, -0.1) is 0 Å². The zero-order valence-corrected chi connectivity index (χ0v) is 17.9. The van der Waals surface area contributed by atoms with Gasteiger partial charge in [0.05, 0.1) is 25.1 Å². The molecule has 0 spiro atoms. The van der Waals surface area contributed by atoms with Gasteiger partial charge in [0.15, 0.2) is 0 Å². The summed E-state index contributed by atoms with van der Waals surface area (Å²) in [6.07, 6.45) is 3.59. The summed E-state index contributed by atoms with van der Waals surface area (Å²) >= 11 is 0. The van der Waals surface area contributed by atoms with Crippen molar-refractivity contribution in [3.63, 3.8) is 0 Å². The highest BCUT2D eigenvalue weighted by Gasteiger charge is 2.27. The maximum atomic E-state index is 6.19. The Kier molecular flexibility index (Phi) is 5.96. The molecule has 1 aliphatic rings. The van der Waals surface area contributed by atoms with Gasteiger partial charge in [0.2, 0.25) is 5.95 Å². The summed E-state index contributed by atoms with van der Waals surface area (Å²) in [6.45, 7) is 3.13. The first kappa shape index (κ1) is 20.3. The molecule has 0 aliphatic carbocycles. The maximum absolute atomic E-state index is 6.19. The number of rotatable bonds is 6. The van der Waals surface area contributed by atoms with Crippen molar-refractivity contribution in [2.75, 3.05) is 45.8 Å². The van der Waals surface area contributed by atoms with E-state index in [1.54, 1.807) is 7.11 Å². The summed E-state index contributed by atoms with van der Waals surface area (Å²) in [5.41, 5.74) is 4.12. The topological polar surface area (TPSA) is 68.5 Å². The standard InChI is InChI=1S/C22H28N6O2/c1-26(2)22-23-13-19(16-5-7-18(29-4)8-6-16)21(25-22)20-15-28(11-12-30-20)14-17-9-10-24-27(17)3/h5-10,13,20H,11-12,14-15H2,1-4H3/t20-/m1/s1. The Hall–Kier alpha value is -2.97. The van der Waals surface area contributed by atoms with Crippen LogP contribution in [0.15, 0.2) is 42.7 Å². The van der Waals surface area contributed by atoms with Crippen LogP contribution in [0.2, 0.25) is 0 Å². The molecule has 158 valence electrons. The second-order valence-electron chi connectivity index (χ2n) is 7.63. The lowest BCUT2D eigenvalue weighted by atomic mass is 10.0. The normalized spacial score (nSPS) is 17.1. The Morgan fingerprint density at radius 2 is 2.00 bits per heavy atom. The van der Waals surface area contributed by atoms with Crippen LogP contribution in [0.5, 0.6) is 5.75 Å². The van der Waals surface area contributed by atoms with Crippen LogP contribution < -0.4 is 9.64 Å². The van der Waals surface area contributed by atoms with Crippen molar-refractivity contribution in [2.24, 2.45) is 7.05 Å². The predicted octanol–water partition coefficient (Wildman–Crippen LogP) is 2.53. The molecular formula is C22H28N6O2. The first-order valence-electron chi connectivity index (χ1n) is 10.0. The minimum Gasteiger partial charge on any atom is -0.497 e. The van der Waals surface area contributed by atoms with E-state index in [1.807, 2.05) is 67.4 Å². The molecule has 0 bridgehead atoms. The van der Waals surface area contributed by atoms with Gasteiger partial charge in [-0.25, -0.2) is 9.97 Å². The molecule has 4 rings (SSSR count). The molecule has 0 radical (unpaired) electrons. The second kappa shape index (κ2) is 8.81. The molecule has 1 aliphatic heterocycles. The van der Waals surface area contributed by atoms with Gasteiger partial charge in [-0.1, -0.05) is 12.1 Å². The van der Waals surface area contributed by atoms with E-state index in [-0.39, 0.29) is 6.10 Å². The number of benzene rings is 1. The zero-order valence-electron chi connectivity index (χ0n) is 17.9. The fraction of sp³-hybridized carbons (Fsp3) is 0.409. The van der Waals surface area contributed by atoms with Crippen molar-refractivity contribution in [2.45, 2.75) is 12.6 Å². The number of aromatic nitrogens is 4. The van der Waals surface area contributed by atoms with Crippen LogP contribution in [-0.2, 0) is 18.3 Å². The van der Waals surface area contributed by atoms with Gasteiger partial charge in [-0.3, -0.25) is 9.58 Å². The second-order valence-corrected chi connectivity index (χ2v) is 7.63. The summed E-state index contributed by atoms with van der Waals surface area (Å²) in [4.78, 5) is 13.7. The van der Waals surface area contributed by atoms with Gasteiger partial charge >= 0.3 is 0 Å². The van der Waals surface area contributed by atoms with E-state index in [0.29, 0.717) is 12.6 Å². The Morgan fingerprint density at radius 3 is 2.67 bits per heavy atom. The van der Waals surface area contributed by atoms with Crippen LogP contribution >= 0.6 is 0 Å². The summed E-state index contributed by atoms with van der Waals surface area (Å²) in [7, 11) is 7.54. The van der Waals surface area contributed by atoms with Gasteiger partial charge in [0, 0.05) is 58.7 Å². The molecule has 1 aromatic carbocycles. The van der Waals surface area contributed by atoms with Gasteiger partial charge in [-0.2, -0.15) is 5.10 Å². The third-order valence-electron chi connectivity index (χ3n) is 5.37. The average Bonchev–Trinajstić information content (AvgIpc) is 3.18. The van der Waals surface area contributed by atoms with Gasteiger partial charge in [0.25, 0.3) is 0 Å². The van der Waals surface area contributed by atoms with E-state index < -0.39 is 0 Å². The molecule has 8 heteroatoms. The van der Waals surface area contributed by atoms with Crippen molar-refractivity contribution in [1.29, 1.82) is 0 Å². The lowest BCUT2D eigenvalue weighted by molar-refractivity contribution is -0.0353. The van der Waals surface area contributed by atoms with Crippen LogP contribution in [0.1, 0.15) is 17.5 Å². The Morgan fingerprint density at radius 1 is 1.20 bits per heavy atom. The molecule has 3 heterocycles. The SMILES string of the molecule is COc1ccc(-c2cnc(N(C)C)nc2[C@H]2CN(Cc3ccnn3C)CCO2)cc1. The Balaban J connectivity index is 1.64. The third kappa shape index (κ3) is 4.29. The van der Waals surface area contributed by atoms with E-state index in [1.165, 1.54) is 5.69 Å². The number of aryl methyl sites for hydroxylation is 1. The molecule has 1 saturated heterocycles. The number of hydrogen-bond donors (Lipinski definition) is 0. The highest BCUT2D eigenvalue weighted by Crippen LogP contribution is 2.32. The van der Waals surface area contributed by atoms with Crippen LogP contribution in [0.3, 0.4) is 0 Å². The quantitative estimate of drug-likeness (QED) is 0.621. The van der Waals surface area contributed by atoms with Gasteiger partial charge in [0.1, 0.15) is 11.9 Å². The van der Waals surface area contributed by atoms with Crippen molar-refractivity contribution in [3.8, 4) is 16.9 Å². The molecule has 0 amide bonds. The highest BCUT2D eigenvalue weighted by molar-refractivity contribution is 5.67. The number of methoxy groups -OCH3 is 1. The average molecular weight is 409 g/mol. The molecule has 0 N–H and O–H groups in total. The van der Waals surface area contributed by atoms with Gasteiger partial charge < -0.3 is 14.4 Å². The van der Waals surface area contributed by atoms with E-state index in [4.69, 9.17) is 14.5 Å². The number of ether oxygens (including phenoxy) is 2. The van der Waals surface area contributed by atoms with Gasteiger partial charge in [-0.05, 0) is 23.8 Å². The number of anilines is 1. The third-order valence-corrected chi connectivity index (χ3v) is 5.37. The van der Waals surface area contributed by atoms with E-state index in [2.05, 4.69) is 21.0 Å². The van der Waals surface area contributed by atoms with Crippen molar-refractivity contribution in [1.82, 2.24) is 24.6 Å². The van der Waals surface area contributed by atoms with Crippen LogP contribution in [-0.4, -0.2) is 65.5 Å². The number of nitrogens with zero attached hydrogens (tertiary/aromatic N) is 6. The van der Waals surface area contributed by atoms with E-state index >= 15 is 0 Å². The Labute approximate surface area is 177 Å². The highest BCUT2D eigenvalue weighted by atomic mass is 16.5. The summed E-state index contributed by atoms with van der Waals surface area (Å²) in [5, 5.41) is 4.28. The molecule has 1 fully saturated rings. The maximum Gasteiger partial charge on any atom is 0.225 e.